The van der Waals surface area contributed by atoms with Crippen molar-refractivity contribution in [1.29, 1.82) is 0 Å². The Morgan fingerprint density at radius 3 is 2.52 bits per heavy atom. The van der Waals surface area contributed by atoms with Gasteiger partial charge < -0.3 is 15.2 Å². The highest BCUT2D eigenvalue weighted by atomic mass is 16.5. The predicted molar refractivity (Wildman–Crippen MR) is 84.7 cm³/mol. The van der Waals surface area contributed by atoms with Crippen molar-refractivity contribution >= 4 is 5.82 Å². The standard InChI is InChI=1S/C16H23N3O2/c1-10(2)8-13-15(18-19(3)16(13)17)12-9-11(20-4)6-7-14(12)21-5/h6-7,9-10H,8,17H2,1-5H3. The van der Waals surface area contributed by atoms with E-state index in [4.69, 9.17) is 15.2 Å². The Kier molecular flexibility index (Phi) is 4.40. The molecule has 1 aromatic heterocycles. The minimum Gasteiger partial charge on any atom is -0.497 e. The van der Waals surface area contributed by atoms with Crippen molar-refractivity contribution in [3.63, 3.8) is 0 Å². The Bertz CT molecular complexity index is 633. The average Bonchev–Trinajstić information content (AvgIpc) is 2.74. The molecule has 0 fully saturated rings. The lowest BCUT2D eigenvalue weighted by Gasteiger charge is -2.11. The van der Waals surface area contributed by atoms with E-state index in [0.717, 1.165) is 34.7 Å². The summed E-state index contributed by atoms with van der Waals surface area (Å²) in [4.78, 5) is 0. The second-order valence-electron chi connectivity index (χ2n) is 5.50. The number of anilines is 1. The number of hydrogen-bond acceptors (Lipinski definition) is 4. The van der Waals surface area contributed by atoms with Crippen LogP contribution in [0.15, 0.2) is 18.2 Å². The van der Waals surface area contributed by atoms with Gasteiger partial charge in [-0.25, -0.2) is 0 Å². The largest absolute Gasteiger partial charge is 0.497 e. The lowest BCUT2D eigenvalue weighted by atomic mass is 9.98. The maximum Gasteiger partial charge on any atom is 0.128 e. The van der Waals surface area contributed by atoms with Crippen LogP contribution in [0, 0.1) is 5.92 Å². The summed E-state index contributed by atoms with van der Waals surface area (Å²) in [5.74, 6) is 2.72. The molecule has 0 aliphatic heterocycles. The van der Waals surface area contributed by atoms with Gasteiger partial charge in [0.15, 0.2) is 0 Å². The van der Waals surface area contributed by atoms with Crippen LogP contribution in [0.25, 0.3) is 11.3 Å². The number of aromatic nitrogens is 2. The summed E-state index contributed by atoms with van der Waals surface area (Å²) in [5.41, 5.74) is 9.00. The third kappa shape index (κ3) is 2.96. The van der Waals surface area contributed by atoms with Crippen molar-refractivity contribution in [1.82, 2.24) is 9.78 Å². The minimum atomic E-state index is 0.492. The van der Waals surface area contributed by atoms with E-state index >= 15 is 0 Å². The molecule has 0 atom stereocenters. The minimum absolute atomic E-state index is 0.492. The molecule has 0 aliphatic carbocycles. The molecule has 0 unspecified atom stereocenters. The van der Waals surface area contributed by atoms with Crippen molar-refractivity contribution < 1.29 is 9.47 Å². The van der Waals surface area contributed by atoms with Crippen molar-refractivity contribution in [3.05, 3.63) is 23.8 Å². The molecule has 0 amide bonds. The van der Waals surface area contributed by atoms with E-state index in [2.05, 4.69) is 18.9 Å². The normalized spacial score (nSPS) is 11.0. The van der Waals surface area contributed by atoms with E-state index in [1.54, 1.807) is 18.9 Å². The second kappa shape index (κ2) is 6.08. The molecule has 5 nitrogen and oxygen atoms in total. The quantitative estimate of drug-likeness (QED) is 0.919. The number of methoxy groups -OCH3 is 2. The molecule has 0 aliphatic rings. The van der Waals surface area contributed by atoms with Gasteiger partial charge in [0.2, 0.25) is 0 Å². The number of hydrogen-bond donors (Lipinski definition) is 1. The summed E-state index contributed by atoms with van der Waals surface area (Å²) >= 11 is 0. The first kappa shape index (κ1) is 15.2. The maximum atomic E-state index is 6.18. The van der Waals surface area contributed by atoms with Crippen molar-refractivity contribution in [2.45, 2.75) is 20.3 Å². The van der Waals surface area contributed by atoms with Crippen LogP contribution < -0.4 is 15.2 Å². The molecule has 2 rings (SSSR count). The molecule has 0 bridgehead atoms. The van der Waals surface area contributed by atoms with Crippen LogP contribution in [0.3, 0.4) is 0 Å². The van der Waals surface area contributed by atoms with Gasteiger partial charge in [-0.1, -0.05) is 13.8 Å². The Hall–Kier alpha value is -2.17. The van der Waals surface area contributed by atoms with E-state index in [1.807, 2.05) is 25.2 Å². The smallest absolute Gasteiger partial charge is 0.128 e. The van der Waals surface area contributed by atoms with E-state index in [-0.39, 0.29) is 0 Å². The van der Waals surface area contributed by atoms with Crippen LogP contribution in [0.1, 0.15) is 19.4 Å². The van der Waals surface area contributed by atoms with Crippen LogP contribution in [-0.2, 0) is 13.5 Å². The number of nitrogens with zero attached hydrogens (tertiary/aromatic N) is 2. The highest BCUT2D eigenvalue weighted by molar-refractivity contribution is 5.75. The van der Waals surface area contributed by atoms with Gasteiger partial charge in [0.05, 0.1) is 14.2 Å². The molecule has 0 spiro atoms. The van der Waals surface area contributed by atoms with Gasteiger partial charge >= 0.3 is 0 Å². The summed E-state index contributed by atoms with van der Waals surface area (Å²) in [6.45, 7) is 4.33. The molecule has 114 valence electrons. The molecular weight excluding hydrogens is 266 g/mol. The summed E-state index contributed by atoms with van der Waals surface area (Å²) in [5, 5.41) is 4.57. The lowest BCUT2D eigenvalue weighted by Crippen LogP contribution is -2.02. The van der Waals surface area contributed by atoms with E-state index < -0.39 is 0 Å². The zero-order valence-electron chi connectivity index (χ0n) is 13.3. The monoisotopic (exact) mass is 289 g/mol. The van der Waals surface area contributed by atoms with Gasteiger partial charge in [-0.05, 0) is 30.5 Å². The van der Waals surface area contributed by atoms with Crippen LogP contribution in [0.4, 0.5) is 5.82 Å². The van der Waals surface area contributed by atoms with Gasteiger partial charge in [0, 0.05) is 18.2 Å². The van der Waals surface area contributed by atoms with Crippen molar-refractivity contribution in [2.24, 2.45) is 13.0 Å². The van der Waals surface area contributed by atoms with Crippen LogP contribution in [0.2, 0.25) is 0 Å². The van der Waals surface area contributed by atoms with E-state index in [0.29, 0.717) is 11.7 Å². The lowest BCUT2D eigenvalue weighted by molar-refractivity contribution is 0.404. The molecule has 5 heteroatoms. The van der Waals surface area contributed by atoms with Gasteiger partial charge in [-0.15, -0.1) is 0 Å². The van der Waals surface area contributed by atoms with Crippen LogP contribution in [0.5, 0.6) is 11.5 Å². The number of rotatable bonds is 5. The van der Waals surface area contributed by atoms with Crippen molar-refractivity contribution in [2.75, 3.05) is 20.0 Å². The summed E-state index contributed by atoms with van der Waals surface area (Å²) in [6.07, 6.45) is 0.870. The number of ether oxygens (including phenoxy) is 2. The molecule has 1 heterocycles. The van der Waals surface area contributed by atoms with Gasteiger partial charge in [0.1, 0.15) is 23.0 Å². The molecule has 0 saturated heterocycles. The highest BCUT2D eigenvalue weighted by Crippen LogP contribution is 2.37. The number of aryl methyl sites for hydroxylation is 1. The number of nitrogens with two attached hydrogens (primary N) is 1. The maximum absolute atomic E-state index is 6.18. The molecular formula is C16H23N3O2. The van der Waals surface area contributed by atoms with E-state index in [1.165, 1.54) is 0 Å². The Labute approximate surface area is 125 Å². The highest BCUT2D eigenvalue weighted by Gasteiger charge is 2.20. The second-order valence-corrected chi connectivity index (χ2v) is 5.50. The third-order valence-electron chi connectivity index (χ3n) is 3.47. The SMILES string of the molecule is COc1ccc(OC)c(-c2nn(C)c(N)c2CC(C)C)c1. The number of nitrogen functional groups attached to an aromatic ring is 1. The first-order chi connectivity index (χ1) is 9.97. The Balaban J connectivity index is 2.63. The third-order valence-corrected chi connectivity index (χ3v) is 3.47. The Morgan fingerprint density at radius 1 is 1.24 bits per heavy atom. The topological polar surface area (TPSA) is 62.3 Å². The van der Waals surface area contributed by atoms with Gasteiger partial charge in [0.25, 0.3) is 0 Å². The van der Waals surface area contributed by atoms with Crippen LogP contribution in [-0.4, -0.2) is 24.0 Å². The first-order valence-electron chi connectivity index (χ1n) is 7.01. The zero-order valence-corrected chi connectivity index (χ0v) is 13.3. The van der Waals surface area contributed by atoms with Gasteiger partial charge in [-0.2, -0.15) is 5.10 Å². The molecule has 2 aromatic rings. The number of benzene rings is 1. The summed E-state index contributed by atoms with van der Waals surface area (Å²) in [7, 11) is 5.16. The van der Waals surface area contributed by atoms with Gasteiger partial charge in [-0.3, -0.25) is 4.68 Å². The fourth-order valence-corrected chi connectivity index (χ4v) is 2.41. The summed E-state index contributed by atoms with van der Waals surface area (Å²) in [6, 6.07) is 5.69. The molecule has 2 N–H and O–H groups in total. The molecule has 0 saturated carbocycles. The predicted octanol–water partition coefficient (Wildman–Crippen LogP) is 2.89. The fourth-order valence-electron chi connectivity index (χ4n) is 2.41. The Morgan fingerprint density at radius 2 is 1.95 bits per heavy atom. The molecule has 0 radical (unpaired) electrons. The summed E-state index contributed by atoms with van der Waals surface area (Å²) < 4.78 is 12.5. The van der Waals surface area contributed by atoms with Crippen LogP contribution >= 0.6 is 0 Å². The average molecular weight is 289 g/mol. The van der Waals surface area contributed by atoms with E-state index in [9.17, 15) is 0 Å². The van der Waals surface area contributed by atoms with Crippen molar-refractivity contribution in [3.8, 4) is 22.8 Å². The fraction of sp³-hybridized carbons (Fsp3) is 0.438. The first-order valence-corrected chi connectivity index (χ1v) is 7.01. The zero-order chi connectivity index (χ0) is 15.6. The molecule has 21 heavy (non-hydrogen) atoms. The molecule has 1 aromatic carbocycles.